The van der Waals surface area contributed by atoms with Crippen molar-refractivity contribution in [1.82, 2.24) is 25.3 Å². The van der Waals surface area contributed by atoms with E-state index in [1.165, 1.54) is 29.7 Å². The van der Waals surface area contributed by atoms with Crippen LogP contribution in [-0.2, 0) is 19.4 Å². The van der Waals surface area contributed by atoms with Gasteiger partial charge in [-0.15, -0.1) is 11.3 Å². The molecular formula is C22H22FN5OS. The van der Waals surface area contributed by atoms with Crippen LogP contribution in [0.1, 0.15) is 44.7 Å². The first kappa shape index (κ1) is 20.2. The lowest BCUT2D eigenvalue weighted by molar-refractivity contribution is 0.0945. The van der Waals surface area contributed by atoms with Crippen LogP contribution < -0.4 is 5.32 Å². The highest BCUT2D eigenvalue weighted by Crippen LogP contribution is 2.20. The molecule has 0 aliphatic carbocycles. The Morgan fingerprint density at radius 3 is 2.80 bits per heavy atom. The van der Waals surface area contributed by atoms with E-state index in [9.17, 15) is 9.18 Å². The van der Waals surface area contributed by atoms with Gasteiger partial charge >= 0.3 is 0 Å². The summed E-state index contributed by atoms with van der Waals surface area (Å²) >= 11 is 1.53. The highest BCUT2D eigenvalue weighted by atomic mass is 32.1. The normalized spacial score (nSPS) is 11.1. The predicted molar refractivity (Wildman–Crippen MR) is 115 cm³/mol. The molecule has 0 radical (unpaired) electrons. The fourth-order valence-corrected chi connectivity index (χ4v) is 4.23. The summed E-state index contributed by atoms with van der Waals surface area (Å²) in [4.78, 5) is 29.7. The Kier molecular flexibility index (Phi) is 6.13. The molecule has 0 unspecified atom stereocenters. The first-order valence-electron chi connectivity index (χ1n) is 9.87. The van der Waals surface area contributed by atoms with E-state index in [1.54, 1.807) is 0 Å². The van der Waals surface area contributed by atoms with Gasteiger partial charge in [-0.25, -0.2) is 14.4 Å². The number of fused-ring (bicyclic) bond motifs is 1. The van der Waals surface area contributed by atoms with Crippen LogP contribution >= 0.6 is 11.3 Å². The lowest BCUT2D eigenvalue weighted by atomic mass is 10.2. The molecule has 0 fully saturated rings. The summed E-state index contributed by atoms with van der Waals surface area (Å²) < 4.78 is 13.6. The quantitative estimate of drug-likeness (QED) is 0.413. The summed E-state index contributed by atoms with van der Waals surface area (Å²) in [5.74, 6) is 0.258. The van der Waals surface area contributed by atoms with Crippen molar-refractivity contribution in [3.05, 3.63) is 75.5 Å². The summed E-state index contributed by atoms with van der Waals surface area (Å²) in [6.45, 7) is 1.92. The number of para-hydroxylation sites is 2. The molecule has 0 aliphatic rings. The van der Waals surface area contributed by atoms with Gasteiger partial charge in [0, 0.05) is 17.5 Å². The SMILES string of the molecule is Cc1sc(CCCCc2nc3ccccc3[nH]2)nc1C(=O)NCc1ncccc1F. The summed E-state index contributed by atoms with van der Waals surface area (Å²) in [5, 5.41) is 3.64. The second kappa shape index (κ2) is 9.13. The number of pyridine rings is 1. The molecule has 0 saturated carbocycles. The van der Waals surface area contributed by atoms with Crippen LogP contribution in [0.25, 0.3) is 11.0 Å². The van der Waals surface area contributed by atoms with Crippen molar-refractivity contribution in [2.24, 2.45) is 0 Å². The molecule has 8 heteroatoms. The van der Waals surface area contributed by atoms with E-state index < -0.39 is 5.82 Å². The summed E-state index contributed by atoms with van der Waals surface area (Å²) in [6, 6.07) is 10.9. The minimum atomic E-state index is -0.432. The zero-order valence-corrected chi connectivity index (χ0v) is 17.4. The van der Waals surface area contributed by atoms with Crippen molar-refractivity contribution < 1.29 is 9.18 Å². The second-order valence-electron chi connectivity index (χ2n) is 7.03. The van der Waals surface area contributed by atoms with Gasteiger partial charge in [0.25, 0.3) is 5.91 Å². The van der Waals surface area contributed by atoms with E-state index in [4.69, 9.17) is 0 Å². The maximum absolute atomic E-state index is 13.6. The Bertz CT molecular complexity index is 1140. The molecule has 4 rings (SSSR count). The first-order chi connectivity index (χ1) is 14.6. The maximum Gasteiger partial charge on any atom is 0.271 e. The van der Waals surface area contributed by atoms with Crippen LogP contribution in [0, 0.1) is 12.7 Å². The molecule has 1 amide bonds. The number of rotatable bonds is 8. The first-order valence-corrected chi connectivity index (χ1v) is 10.7. The number of aryl methyl sites for hydroxylation is 3. The standard InChI is InChI=1S/C22H22FN5OS/c1-14-21(22(29)25-13-18-15(23)7-6-12-24-18)28-20(30-14)11-5-4-10-19-26-16-8-2-3-9-17(16)27-19/h2-3,6-9,12H,4-5,10-11,13H2,1H3,(H,25,29)(H,26,27). The number of nitrogens with zero attached hydrogens (tertiary/aromatic N) is 3. The minimum Gasteiger partial charge on any atom is -0.345 e. The largest absolute Gasteiger partial charge is 0.345 e. The number of amides is 1. The number of aromatic amines is 1. The van der Waals surface area contributed by atoms with Crippen LogP contribution in [-0.4, -0.2) is 25.8 Å². The number of thiazole rings is 1. The van der Waals surface area contributed by atoms with E-state index >= 15 is 0 Å². The Balaban J connectivity index is 1.28. The molecule has 2 N–H and O–H groups in total. The molecule has 4 aromatic rings. The third kappa shape index (κ3) is 4.71. The van der Waals surface area contributed by atoms with Crippen molar-refractivity contribution in [2.75, 3.05) is 0 Å². The third-order valence-electron chi connectivity index (χ3n) is 4.80. The topological polar surface area (TPSA) is 83.6 Å². The Morgan fingerprint density at radius 1 is 1.13 bits per heavy atom. The van der Waals surface area contributed by atoms with Crippen LogP contribution in [0.3, 0.4) is 0 Å². The van der Waals surface area contributed by atoms with Gasteiger partial charge in [0.2, 0.25) is 0 Å². The molecule has 30 heavy (non-hydrogen) atoms. The summed E-state index contributed by atoms with van der Waals surface area (Å²) in [7, 11) is 0. The van der Waals surface area contributed by atoms with E-state index in [-0.39, 0.29) is 18.1 Å². The molecule has 6 nitrogen and oxygen atoms in total. The molecule has 3 heterocycles. The number of halogens is 1. The van der Waals surface area contributed by atoms with Crippen LogP contribution in [0.2, 0.25) is 0 Å². The summed E-state index contributed by atoms with van der Waals surface area (Å²) in [6.07, 6.45) is 5.14. The van der Waals surface area contributed by atoms with Crippen molar-refractivity contribution in [3.8, 4) is 0 Å². The van der Waals surface area contributed by atoms with Gasteiger partial charge < -0.3 is 10.3 Å². The van der Waals surface area contributed by atoms with Gasteiger partial charge in [0.1, 0.15) is 17.3 Å². The molecule has 0 atom stereocenters. The number of unbranched alkanes of at least 4 members (excludes halogenated alkanes) is 1. The molecule has 154 valence electrons. The van der Waals surface area contributed by atoms with Crippen LogP contribution in [0.5, 0.6) is 0 Å². The molecular weight excluding hydrogens is 401 g/mol. The summed E-state index contributed by atoms with van der Waals surface area (Å²) in [5.41, 5.74) is 2.67. The third-order valence-corrected chi connectivity index (χ3v) is 5.83. The zero-order chi connectivity index (χ0) is 20.9. The Hall–Kier alpha value is -3.13. The molecule has 3 aromatic heterocycles. The number of carbonyl (C=O) groups excluding carboxylic acids is 1. The van der Waals surface area contributed by atoms with Crippen molar-refractivity contribution >= 4 is 28.3 Å². The van der Waals surface area contributed by atoms with E-state index in [0.29, 0.717) is 5.69 Å². The number of imidazole rings is 1. The Morgan fingerprint density at radius 2 is 1.97 bits per heavy atom. The zero-order valence-electron chi connectivity index (χ0n) is 16.6. The lowest BCUT2D eigenvalue weighted by Gasteiger charge is -2.04. The number of nitrogens with one attached hydrogen (secondary N) is 2. The number of carbonyl (C=O) groups is 1. The predicted octanol–water partition coefficient (Wildman–Crippen LogP) is 4.36. The highest BCUT2D eigenvalue weighted by molar-refractivity contribution is 7.11. The lowest BCUT2D eigenvalue weighted by Crippen LogP contribution is -2.24. The van der Waals surface area contributed by atoms with Gasteiger partial charge in [-0.2, -0.15) is 0 Å². The van der Waals surface area contributed by atoms with Gasteiger partial charge in [-0.05, 0) is 50.5 Å². The fourth-order valence-electron chi connectivity index (χ4n) is 3.26. The smallest absolute Gasteiger partial charge is 0.271 e. The highest BCUT2D eigenvalue weighted by Gasteiger charge is 2.16. The van der Waals surface area contributed by atoms with Gasteiger partial charge in [0.05, 0.1) is 28.3 Å². The molecule has 0 bridgehead atoms. The van der Waals surface area contributed by atoms with Gasteiger partial charge in [-0.1, -0.05) is 12.1 Å². The number of hydrogen-bond donors (Lipinski definition) is 2. The second-order valence-corrected chi connectivity index (χ2v) is 8.32. The van der Waals surface area contributed by atoms with Crippen LogP contribution in [0.15, 0.2) is 42.6 Å². The van der Waals surface area contributed by atoms with Gasteiger partial charge in [0.15, 0.2) is 0 Å². The number of hydrogen-bond acceptors (Lipinski definition) is 5. The average Bonchev–Trinajstić information content (AvgIpc) is 3.33. The van der Waals surface area contributed by atoms with Gasteiger partial charge in [-0.3, -0.25) is 9.78 Å². The van der Waals surface area contributed by atoms with E-state index in [0.717, 1.165) is 52.4 Å². The molecule has 1 aromatic carbocycles. The molecule has 0 saturated heterocycles. The maximum atomic E-state index is 13.6. The number of aromatic nitrogens is 4. The Labute approximate surface area is 177 Å². The molecule has 0 spiro atoms. The van der Waals surface area contributed by atoms with E-state index in [2.05, 4.69) is 25.3 Å². The monoisotopic (exact) mass is 423 g/mol. The van der Waals surface area contributed by atoms with Crippen molar-refractivity contribution in [3.63, 3.8) is 0 Å². The molecule has 0 aliphatic heterocycles. The number of H-pyrrole nitrogens is 1. The van der Waals surface area contributed by atoms with Crippen molar-refractivity contribution in [2.45, 2.75) is 39.2 Å². The van der Waals surface area contributed by atoms with E-state index in [1.807, 2.05) is 31.2 Å². The minimum absolute atomic E-state index is 0.0370. The number of benzene rings is 1. The van der Waals surface area contributed by atoms with Crippen LogP contribution in [0.4, 0.5) is 4.39 Å². The average molecular weight is 424 g/mol. The fraction of sp³-hybridized carbons (Fsp3) is 0.273. The van der Waals surface area contributed by atoms with Crippen molar-refractivity contribution in [1.29, 1.82) is 0 Å².